The number of pyridine rings is 1. The van der Waals surface area contributed by atoms with E-state index in [1.807, 2.05) is 0 Å². The molecule has 10 heteroatoms. The fourth-order valence-corrected chi connectivity index (χ4v) is 3.15. The Morgan fingerprint density at radius 3 is 2.29 bits per heavy atom. The van der Waals surface area contributed by atoms with E-state index in [9.17, 15) is 8.42 Å². The summed E-state index contributed by atoms with van der Waals surface area (Å²) in [5.41, 5.74) is 3.85. The first-order chi connectivity index (χ1) is 13.5. The first-order valence-corrected chi connectivity index (χ1v) is 9.61. The molecule has 146 valence electrons. The molecule has 1 heterocycles. The van der Waals surface area contributed by atoms with Gasteiger partial charge >= 0.3 is 0 Å². The predicted octanol–water partition coefficient (Wildman–Crippen LogP) is 2.39. The van der Waals surface area contributed by atoms with Gasteiger partial charge in [0.05, 0.1) is 17.7 Å². The average Bonchev–Trinajstić information content (AvgIpc) is 2.74. The van der Waals surface area contributed by atoms with E-state index >= 15 is 0 Å². The number of anilines is 3. The van der Waals surface area contributed by atoms with Crippen LogP contribution in [0.1, 0.15) is 0 Å². The number of nitrogens with zero attached hydrogens (tertiary/aromatic N) is 1. The second-order valence-electron chi connectivity index (χ2n) is 5.57. The van der Waals surface area contributed by atoms with E-state index in [-0.39, 0.29) is 4.90 Å². The van der Waals surface area contributed by atoms with Crippen LogP contribution in [-0.4, -0.2) is 20.5 Å². The van der Waals surface area contributed by atoms with Crippen molar-refractivity contribution in [1.82, 2.24) is 9.82 Å². The second kappa shape index (κ2) is 8.57. The second-order valence-corrected chi connectivity index (χ2v) is 7.26. The molecule has 0 saturated carbocycles. The van der Waals surface area contributed by atoms with Crippen LogP contribution < -0.4 is 31.0 Å². The molecule has 3 rings (SSSR count). The number of ether oxygens (including phenoxy) is 1. The van der Waals surface area contributed by atoms with Gasteiger partial charge in [-0.05, 0) is 60.7 Å². The SMILES string of the molecule is COc1ccc(S(=O)(=O)NNc2cccnc2Nc2ccc(ON)cc2)cc1. The Bertz CT molecular complexity index is 1020. The highest BCUT2D eigenvalue weighted by molar-refractivity contribution is 7.89. The smallest absolute Gasteiger partial charge is 0.257 e. The summed E-state index contributed by atoms with van der Waals surface area (Å²) in [5, 5.41) is 3.09. The number of aromatic nitrogens is 1. The van der Waals surface area contributed by atoms with E-state index < -0.39 is 10.0 Å². The van der Waals surface area contributed by atoms with E-state index in [1.165, 1.54) is 19.2 Å². The highest BCUT2D eigenvalue weighted by Crippen LogP contribution is 2.24. The minimum Gasteiger partial charge on any atom is -0.497 e. The monoisotopic (exact) mass is 401 g/mol. The highest BCUT2D eigenvalue weighted by atomic mass is 32.2. The largest absolute Gasteiger partial charge is 0.497 e. The molecule has 28 heavy (non-hydrogen) atoms. The molecule has 0 atom stereocenters. The van der Waals surface area contributed by atoms with E-state index in [0.717, 1.165) is 5.69 Å². The van der Waals surface area contributed by atoms with Gasteiger partial charge in [-0.1, -0.05) is 0 Å². The Kier molecular flexibility index (Phi) is 5.94. The Labute approximate surface area is 162 Å². The van der Waals surface area contributed by atoms with Gasteiger partial charge in [0, 0.05) is 11.9 Å². The molecule has 1 aromatic heterocycles. The minimum atomic E-state index is -3.78. The zero-order chi connectivity index (χ0) is 20.0. The van der Waals surface area contributed by atoms with Crippen molar-refractivity contribution in [2.24, 2.45) is 5.90 Å². The topological polar surface area (TPSA) is 128 Å². The van der Waals surface area contributed by atoms with Gasteiger partial charge in [0.2, 0.25) is 0 Å². The Morgan fingerprint density at radius 2 is 1.64 bits per heavy atom. The van der Waals surface area contributed by atoms with Crippen molar-refractivity contribution in [2.45, 2.75) is 4.90 Å². The summed E-state index contributed by atoms with van der Waals surface area (Å²) in [7, 11) is -2.27. The summed E-state index contributed by atoms with van der Waals surface area (Å²) in [6.45, 7) is 0. The molecule has 0 radical (unpaired) electrons. The molecule has 0 unspecified atom stereocenters. The maximum absolute atomic E-state index is 12.5. The average molecular weight is 401 g/mol. The molecule has 0 fully saturated rings. The predicted molar refractivity (Wildman–Crippen MR) is 106 cm³/mol. The molecule has 0 aliphatic heterocycles. The van der Waals surface area contributed by atoms with Crippen LogP contribution in [0.3, 0.4) is 0 Å². The quantitative estimate of drug-likeness (QED) is 0.424. The lowest BCUT2D eigenvalue weighted by atomic mass is 10.3. The summed E-state index contributed by atoms with van der Waals surface area (Å²) in [4.78, 5) is 11.3. The zero-order valence-corrected chi connectivity index (χ0v) is 15.7. The van der Waals surface area contributed by atoms with Crippen molar-refractivity contribution >= 4 is 27.2 Å². The Balaban J connectivity index is 1.73. The summed E-state index contributed by atoms with van der Waals surface area (Å²) in [5.74, 6) is 6.62. The molecule has 0 saturated heterocycles. The number of sulfonamides is 1. The van der Waals surface area contributed by atoms with E-state index in [0.29, 0.717) is 23.0 Å². The summed E-state index contributed by atoms with van der Waals surface area (Å²) in [6, 6.07) is 16.3. The normalized spacial score (nSPS) is 10.9. The number of hydrazine groups is 1. The van der Waals surface area contributed by atoms with Gasteiger partial charge in [-0.25, -0.2) is 13.4 Å². The van der Waals surface area contributed by atoms with Gasteiger partial charge in [0.1, 0.15) is 11.5 Å². The van der Waals surface area contributed by atoms with Crippen molar-refractivity contribution in [2.75, 3.05) is 17.9 Å². The van der Waals surface area contributed by atoms with Gasteiger partial charge < -0.3 is 20.3 Å². The van der Waals surface area contributed by atoms with Crippen molar-refractivity contribution in [3.8, 4) is 11.5 Å². The number of nitrogens with two attached hydrogens (primary N) is 1. The molecule has 0 aliphatic rings. The van der Waals surface area contributed by atoms with Crippen molar-refractivity contribution in [3.63, 3.8) is 0 Å². The van der Waals surface area contributed by atoms with Crippen LogP contribution in [0.15, 0.2) is 71.8 Å². The lowest BCUT2D eigenvalue weighted by Crippen LogP contribution is -2.29. The number of hydrogen-bond acceptors (Lipinski definition) is 8. The van der Waals surface area contributed by atoms with Gasteiger partial charge in [-0.3, -0.25) is 0 Å². The van der Waals surface area contributed by atoms with Gasteiger partial charge in [-0.15, -0.1) is 4.83 Å². The van der Waals surface area contributed by atoms with Crippen molar-refractivity contribution in [1.29, 1.82) is 0 Å². The molecule has 0 spiro atoms. The standard InChI is InChI=1S/C18H19N5O4S/c1-26-14-8-10-16(11-9-14)28(24,25)23-22-17-3-2-12-20-18(17)21-13-4-6-15(27-19)7-5-13/h2-12,22-23H,19H2,1H3,(H,20,21). The van der Waals surface area contributed by atoms with Gasteiger partial charge in [-0.2, -0.15) is 5.90 Å². The van der Waals surface area contributed by atoms with Gasteiger partial charge in [0.25, 0.3) is 10.0 Å². The van der Waals surface area contributed by atoms with E-state index in [4.69, 9.17) is 10.6 Å². The molecule has 9 nitrogen and oxygen atoms in total. The molecular weight excluding hydrogens is 382 g/mol. The molecule has 2 aromatic carbocycles. The first-order valence-electron chi connectivity index (χ1n) is 8.12. The summed E-state index contributed by atoms with van der Waals surface area (Å²) in [6.07, 6.45) is 1.59. The summed E-state index contributed by atoms with van der Waals surface area (Å²) < 4.78 is 30.0. The van der Waals surface area contributed by atoms with Crippen LogP contribution >= 0.6 is 0 Å². The van der Waals surface area contributed by atoms with Crippen LogP contribution in [0.4, 0.5) is 17.2 Å². The molecule has 0 bridgehead atoms. The third-order valence-corrected chi connectivity index (χ3v) is 5.01. The molecule has 3 aromatic rings. The lowest BCUT2D eigenvalue weighted by molar-refractivity contribution is 0.334. The van der Waals surface area contributed by atoms with E-state index in [2.05, 4.69) is 25.4 Å². The fourth-order valence-electron chi connectivity index (χ4n) is 2.30. The number of nitrogens with one attached hydrogen (secondary N) is 3. The highest BCUT2D eigenvalue weighted by Gasteiger charge is 2.15. The van der Waals surface area contributed by atoms with Crippen molar-refractivity contribution in [3.05, 3.63) is 66.9 Å². The van der Waals surface area contributed by atoms with Crippen LogP contribution in [0, 0.1) is 0 Å². The fraction of sp³-hybridized carbons (Fsp3) is 0.0556. The maximum Gasteiger partial charge on any atom is 0.257 e. The number of benzene rings is 2. The Hall–Kier alpha value is -3.34. The third-order valence-electron chi connectivity index (χ3n) is 3.75. The molecular formula is C18H19N5O4S. The van der Waals surface area contributed by atoms with E-state index in [1.54, 1.807) is 54.7 Å². The first kappa shape index (κ1) is 19.4. The number of hydrogen-bond donors (Lipinski definition) is 4. The van der Waals surface area contributed by atoms with Crippen molar-refractivity contribution < 1.29 is 18.0 Å². The molecule has 0 aliphatic carbocycles. The molecule has 0 amide bonds. The lowest BCUT2D eigenvalue weighted by Gasteiger charge is -2.14. The zero-order valence-electron chi connectivity index (χ0n) is 14.9. The number of methoxy groups -OCH3 is 1. The summed E-state index contributed by atoms with van der Waals surface area (Å²) >= 11 is 0. The van der Waals surface area contributed by atoms with Crippen LogP contribution in [0.5, 0.6) is 11.5 Å². The molecule has 5 N–H and O–H groups in total. The van der Waals surface area contributed by atoms with Crippen LogP contribution in [-0.2, 0) is 10.0 Å². The van der Waals surface area contributed by atoms with Crippen LogP contribution in [0.25, 0.3) is 0 Å². The number of rotatable bonds is 8. The minimum absolute atomic E-state index is 0.0940. The third kappa shape index (κ3) is 4.68. The maximum atomic E-state index is 12.5. The Morgan fingerprint density at radius 1 is 0.964 bits per heavy atom. The van der Waals surface area contributed by atoms with Gasteiger partial charge in [0.15, 0.2) is 5.82 Å². The van der Waals surface area contributed by atoms with Crippen LogP contribution in [0.2, 0.25) is 0 Å².